The minimum atomic E-state index is -0.654. The van der Waals surface area contributed by atoms with Crippen molar-refractivity contribution in [2.45, 2.75) is 31.8 Å². The lowest BCUT2D eigenvalue weighted by Crippen LogP contribution is -2.62. The van der Waals surface area contributed by atoms with Crippen molar-refractivity contribution in [1.29, 1.82) is 0 Å². The van der Waals surface area contributed by atoms with Crippen LogP contribution in [0.25, 0.3) is 0 Å². The Bertz CT molecular complexity index is 458. The molecular weight excluding hydrogens is 234 g/mol. The van der Waals surface area contributed by atoms with Crippen LogP contribution in [0.4, 0.5) is 0 Å². The third-order valence-corrected chi connectivity index (χ3v) is 4.87. The number of thiophene rings is 1. The first-order valence-electron chi connectivity index (χ1n) is 6.03. The lowest BCUT2D eigenvalue weighted by Gasteiger charge is -2.44. The summed E-state index contributed by atoms with van der Waals surface area (Å²) >= 11 is 1.76. The summed E-state index contributed by atoms with van der Waals surface area (Å²) in [6, 6.07) is 2.12. The summed E-state index contributed by atoms with van der Waals surface area (Å²) in [5.74, 6) is 0.839. The summed E-state index contributed by atoms with van der Waals surface area (Å²) in [4.78, 5) is 15.3. The number of carbonyl (C=O) groups is 1. The largest absolute Gasteiger partial charge is 0.386 e. The van der Waals surface area contributed by atoms with E-state index in [0.29, 0.717) is 19.0 Å². The second-order valence-corrected chi connectivity index (χ2v) is 6.56. The van der Waals surface area contributed by atoms with Crippen LogP contribution in [0, 0.1) is 12.8 Å². The Morgan fingerprint density at radius 2 is 2.29 bits per heavy atom. The van der Waals surface area contributed by atoms with Crippen LogP contribution in [0.2, 0.25) is 0 Å². The minimum Gasteiger partial charge on any atom is -0.386 e. The van der Waals surface area contributed by atoms with Crippen LogP contribution in [0.5, 0.6) is 0 Å². The van der Waals surface area contributed by atoms with Crippen molar-refractivity contribution in [3.8, 4) is 0 Å². The van der Waals surface area contributed by atoms with E-state index in [0.717, 1.165) is 6.42 Å². The van der Waals surface area contributed by atoms with Gasteiger partial charge in [0.05, 0.1) is 18.7 Å². The predicted octanol–water partition coefficient (Wildman–Crippen LogP) is 1.75. The molecule has 1 amide bonds. The van der Waals surface area contributed by atoms with Crippen molar-refractivity contribution in [2.75, 3.05) is 13.1 Å². The number of hydrogen-bond donors (Lipinski definition) is 1. The van der Waals surface area contributed by atoms with E-state index in [9.17, 15) is 9.90 Å². The van der Waals surface area contributed by atoms with Gasteiger partial charge in [-0.2, -0.15) is 0 Å². The van der Waals surface area contributed by atoms with Gasteiger partial charge in [-0.25, -0.2) is 0 Å². The zero-order valence-electron chi connectivity index (χ0n) is 10.1. The van der Waals surface area contributed by atoms with E-state index in [1.54, 1.807) is 23.2 Å². The summed E-state index contributed by atoms with van der Waals surface area (Å²) in [7, 11) is 0. The van der Waals surface area contributed by atoms with Crippen molar-refractivity contribution in [2.24, 2.45) is 5.92 Å². The van der Waals surface area contributed by atoms with Gasteiger partial charge < -0.3 is 10.0 Å². The fourth-order valence-corrected chi connectivity index (χ4v) is 3.80. The molecule has 3 rings (SSSR count). The van der Waals surface area contributed by atoms with E-state index in [4.69, 9.17) is 0 Å². The summed E-state index contributed by atoms with van der Waals surface area (Å²) < 4.78 is 0. The molecule has 0 radical (unpaired) electrons. The Hall–Kier alpha value is -0.870. The van der Waals surface area contributed by atoms with Crippen LogP contribution < -0.4 is 0 Å². The molecule has 4 heteroatoms. The smallest absolute Gasteiger partial charge is 0.226 e. The molecule has 1 saturated heterocycles. The van der Waals surface area contributed by atoms with Gasteiger partial charge in [-0.15, -0.1) is 11.3 Å². The van der Waals surface area contributed by atoms with Gasteiger partial charge in [0.15, 0.2) is 0 Å². The molecule has 17 heavy (non-hydrogen) atoms. The van der Waals surface area contributed by atoms with Crippen LogP contribution in [0.3, 0.4) is 0 Å². The monoisotopic (exact) mass is 251 g/mol. The van der Waals surface area contributed by atoms with E-state index < -0.39 is 5.60 Å². The van der Waals surface area contributed by atoms with E-state index >= 15 is 0 Å². The van der Waals surface area contributed by atoms with Crippen LogP contribution in [0.15, 0.2) is 11.4 Å². The summed E-state index contributed by atoms with van der Waals surface area (Å²) in [5, 5.41) is 11.7. The molecule has 1 aliphatic carbocycles. The van der Waals surface area contributed by atoms with Gasteiger partial charge in [-0.1, -0.05) is 0 Å². The number of hydrogen-bond acceptors (Lipinski definition) is 3. The molecule has 0 spiro atoms. The van der Waals surface area contributed by atoms with Crippen LogP contribution in [0.1, 0.15) is 29.7 Å². The Balaban J connectivity index is 1.62. The first-order chi connectivity index (χ1) is 7.98. The highest BCUT2D eigenvalue weighted by atomic mass is 32.1. The highest BCUT2D eigenvalue weighted by molar-refractivity contribution is 7.10. The molecular formula is C13H17NO2S. The van der Waals surface area contributed by atoms with Gasteiger partial charge in [0, 0.05) is 16.7 Å². The van der Waals surface area contributed by atoms with Crippen molar-refractivity contribution in [1.82, 2.24) is 4.90 Å². The predicted molar refractivity (Wildman–Crippen MR) is 67.1 cm³/mol. The van der Waals surface area contributed by atoms with Crippen LogP contribution >= 0.6 is 11.3 Å². The maximum absolute atomic E-state index is 12.1. The van der Waals surface area contributed by atoms with Crippen LogP contribution in [-0.2, 0) is 4.79 Å². The molecule has 1 saturated carbocycles. The normalized spacial score (nSPS) is 29.9. The zero-order valence-corrected chi connectivity index (χ0v) is 11.0. The van der Waals surface area contributed by atoms with Gasteiger partial charge in [-0.05, 0) is 37.3 Å². The molecule has 0 unspecified atom stereocenters. The summed E-state index contributed by atoms with van der Waals surface area (Å²) in [5.41, 5.74) is 0.657. The third-order valence-electron chi connectivity index (χ3n) is 3.72. The number of aliphatic hydroxyl groups is 1. The average Bonchev–Trinajstić information content (AvgIpc) is 2.90. The zero-order chi connectivity index (χ0) is 12.2. The van der Waals surface area contributed by atoms with Gasteiger partial charge >= 0.3 is 0 Å². The number of rotatable bonds is 2. The van der Waals surface area contributed by atoms with Crippen LogP contribution in [-0.4, -0.2) is 34.6 Å². The standard InChI is InChI=1S/C13H17NO2S/c1-8-3-4-17-11(8)9-5-10(9)12(15)14-6-13(2,16)7-14/h3-4,9-10,16H,5-7H2,1-2H3/t9-,10+/m0/s1. The third kappa shape index (κ3) is 1.89. The van der Waals surface area contributed by atoms with E-state index in [2.05, 4.69) is 18.4 Å². The minimum absolute atomic E-state index is 0.170. The Morgan fingerprint density at radius 1 is 1.59 bits per heavy atom. The Labute approximate surface area is 105 Å². The lowest BCUT2D eigenvalue weighted by molar-refractivity contribution is -0.153. The highest BCUT2D eigenvalue weighted by Crippen LogP contribution is 2.51. The van der Waals surface area contributed by atoms with Gasteiger partial charge in [0.2, 0.25) is 5.91 Å². The van der Waals surface area contributed by atoms with Crippen molar-refractivity contribution in [3.05, 3.63) is 21.9 Å². The van der Waals surface area contributed by atoms with Crippen molar-refractivity contribution >= 4 is 17.2 Å². The molecule has 1 aliphatic heterocycles. The fraction of sp³-hybridized carbons (Fsp3) is 0.615. The quantitative estimate of drug-likeness (QED) is 0.870. The summed E-state index contributed by atoms with van der Waals surface area (Å²) in [6.07, 6.45) is 0.985. The molecule has 0 aromatic carbocycles. The SMILES string of the molecule is Cc1ccsc1[C@H]1C[C@H]1C(=O)N1CC(C)(O)C1. The summed E-state index contributed by atoms with van der Waals surface area (Å²) in [6.45, 7) is 4.89. The maximum atomic E-state index is 12.1. The maximum Gasteiger partial charge on any atom is 0.226 e. The second kappa shape index (κ2) is 3.56. The average molecular weight is 251 g/mol. The fourth-order valence-electron chi connectivity index (χ4n) is 2.69. The first kappa shape index (κ1) is 11.2. The molecule has 1 N–H and O–H groups in total. The second-order valence-electron chi connectivity index (χ2n) is 5.61. The highest BCUT2D eigenvalue weighted by Gasteiger charge is 2.50. The molecule has 2 atom stereocenters. The first-order valence-corrected chi connectivity index (χ1v) is 6.91. The lowest BCUT2D eigenvalue weighted by atomic mass is 9.96. The van der Waals surface area contributed by atoms with Crippen molar-refractivity contribution in [3.63, 3.8) is 0 Å². The molecule has 2 aliphatic rings. The van der Waals surface area contributed by atoms with Crippen molar-refractivity contribution < 1.29 is 9.90 Å². The molecule has 2 fully saturated rings. The van der Waals surface area contributed by atoms with E-state index in [1.165, 1.54) is 10.4 Å². The number of aryl methyl sites for hydroxylation is 1. The van der Waals surface area contributed by atoms with Gasteiger partial charge in [-0.3, -0.25) is 4.79 Å². The Morgan fingerprint density at radius 3 is 2.82 bits per heavy atom. The number of likely N-dealkylation sites (tertiary alicyclic amines) is 1. The number of β-amino-alcohol motifs (C(OH)–C–C–N with tert-alkyl or cyclic N) is 1. The number of amides is 1. The number of carbonyl (C=O) groups excluding carboxylic acids is 1. The molecule has 1 aromatic heterocycles. The van der Waals surface area contributed by atoms with Gasteiger partial charge in [0.25, 0.3) is 0 Å². The molecule has 2 heterocycles. The van der Waals surface area contributed by atoms with E-state index in [-0.39, 0.29) is 11.8 Å². The molecule has 92 valence electrons. The molecule has 1 aromatic rings. The Kier molecular flexibility index (Phi) is 2.35. The molecule has 3 nitrogen and oxygen atoms in total. The van der Waals surface area contributed by atoms with Gasteiger partial charge in [0.1, 0.15) is 0 Å². The molecule has 0 bridgehead atoms. The van der Waals surface area contributed by atoms with E-state index in [1.807, 2.05) is 0 Å². The topological polar surface area (TPSA) is 40.5 Å². The number of nitrogens with zero attached hydrogens (tertiary/aromatic N) is 1.